The molecule has 0 saturated heterocycles. The Labute approximate surface area is 142 Å². The minimum atomic E-state index is 0.718. The van der Waals surface area contributed by atoms with Crippen molar-refractivity contribution in [1.82, 2.24) is 9.97 Å². The second-order valence-electron chi connectivity index (χ2n) is 5.78. The molecule has 3 aromatic rings. The fraction of sp³-hybridized carbons (Fsp3) is 0.150. The largest absolute Gasteiger partial charge is 0.277 e. The van der Waals surface area contributed by atoms with E-state index in [0.717, 1.165) is 33.9 Å². The summed E-state index contributed by atoms with van der Waals surface area (Å²) in [7, 11) is 0. The van der Waals surface area contributed by atoms with Crippen LogP contribution in [-0.2, 0) is 0 Å². The van der Waals surface area contributed by atoms with Crippen LogP contribution in [0.25, 0.3) is 0 Å². The molecule has 4 nitrogen and oxygen atoms in total. The van der Waals surface area contributed by atoms with Crippen LogP contribution in [0.15, 0.2) is 66.0 Å². The van der Waals surface area contributed by atoms with Gasteiger partial charge in [0, 0.05) is 12.4 Å². The lowest BCUT2D eigenvalue weighted by Gasteiger charge is -2.12. The zero-order valence-electron chi connectivity index (χ0n) is 14.1. The first-order valence-electron chi connectivity index (χ1n) is 7.89. The number of hydrogen-bond donors (Lipinski definition) is 1. The number of anilines is 1. The molecule has 0 radical (unpaired) electrons. The van der Waals surface area contributed by atoms with Gasteiger partial charge < -0.3 is 0 Å². The van der Waals surface area contributed by atoms with E-state index in [4.69, 9.17) is 0 Å². The van der Waals surface area contributed by atoms with Crippen LogP contribution in [0.5, 0.6) is 0 Å². The Kier molecular flexibility index (Phi) is 4.66. The molecule has 0 aliphatic heterocycles. The molecule has 0 atom stereocenters. The molecule has 2 heterocycles. The topological polar surface area (TPSA) is 50.2 Å². The highest BCUT2D eigenvalue weighted by Gasteiger charge is 2.10. The number of hydrogen-bond acceptors (Lipinski definition) is 4. The van der Waals surface area contributed by atoms with Crippen molar-refractivity contribution < 1.29 is 0 Å². The summed E-state index contributed by atoms with van der Waals surface area (Å²) in [6.07, 6.45) is 3.52. The Morgan fingerprint density at radius 3 is 1.83 bits per heavy atom. The number of pyridine rings is 2. The van der Waals surface area contributed by atoms with Gasteiger partial charge >= 0.3 is 0 Å². The van der Waals surface area contributed by atoms with Crippen molar-refractivity contribution in [2.45, 2.75) is 20.8 Å². The van der Waals surface area contributed by atoms with Gasteiger partial charge in [0.15, 0.2) is 0 Å². The maximum atomic E-state index is 4.63. The number of benzene rings is 1. The summed E-state index contributed by atoms with van der Waals surface area (Å²) in [6, 6.07) is 15.8. The summed E-state index contributed by atoms with van der Waals surface area (Å²) < 4.78 is 0. The van der Waals surface area contributed by atoms with Gasteiger partial charge in [-0.25, -0.2) is 0 Å². The van der Waals surface area contributed by atoms with E-state index < -0.39 is 0 Å². The molecule has 120 valence electrons. The van der Waals surface area contributed by atoms with Crippen LogP contribution in [0.3, 0.4) is 0 Å². The number of hydrazone groups is 1. The maximum absolute atomic E-state index is 4.63. The second-order valence-corrected chi connectivity index (χ2v) is 5.78. The molecule has 0 saturated carbocycles. The third-order valence-corrected chi connectivity index (χ3v) is 3.77. The van der Waals surface area contributed by atoms with Gasteiger partial charge in [-0.2, -0.15) is 5.10 Å². The second kappa shape index (κ2) is 7.04. The van der Waals surface area contributed by atoms with Crippen molar-refractivity contribution in [2.24, 2.45) is 5.10 Å². The van der Waals surface area contributed by atoms with Gasteiger partial charge in [0.2, 0.25) is 0 Å². The van der Waals surface area contributed by atoms with Crippen LogP contribution in [-0.4, -0.2) is 15.7 Å². The molecule has 0 fully saturated rings. The van der Waals surface area contributed by atoms with E-state index in [1.807, 2.05) is 36.4 Å². The van der Waals surface area contributed by atoms with Crippen molar-refractivity contribution >= 4 is 11.4 Å². The number of aromatic nitrogens is 2. The molecule has 1 N–H and O–H groups in total. The maximum Gasteiger partial charge on any atom is 0.135 e. The summed E-state index contributed by atoms with van der Waals surface area (Å²) in [5.41, 5.74) is 10.1. The number of aryl methyl sites for hydroxylation is 3. The fourth-order valence-electron chi connectivity index (χ4n) is 2.72. The van der Waals surface area contributed by atoms with Crippen LogP contribution < -0.4 is 5.43 Å². The van der Waals surface area contributed by atoms with Gasteiger partial charge in [0.1, 0.15) is 5.71 Å². The predicted molar refractivity (Wildman–Crippen MR) is 98.4 cm³/mol. The summed E-state index contributed by atoms with van der Waals surface area (Å²) >= 11 is 0. The van der Waals surface area contributed by atoms with E-state index in [0.29, 0.717) is 0 Å². The third kappa shape index (κ3) is 3.49. The Balaban J connectivity index is 2.02. The minimum absolute atomic E-state index is 0.718. The van der Waals surface area contributed by atoms with Crippen LogP contribution in [0, 0.1) is 20.8 Å². The van der Waals surface area contributed by atoms with Gasteiger partial charge in [0.25, 0.3) is 0 Å². The molecule has 0 spiro atoms. The van der Waals surface area contributed by atoms with E-state index in [2.05, 4.69) is 53.4 Å². The zero-order valence-corrected chi connectivity index (χ0v) is 14.1. The fourth-order valence-corrected chi connectivity index (χ4v) is 2.72. The van der Waals surface area contributed by atoms with Crippen molar-refractivity contribution in [3.05, 3.63) is 89.0 Å². The van der Waals surface area contributed by atoms with Gasteiger partial charge in [-0.05, 0) is 56.2 Å². The molecule has 0 unspecified atom stereocenters. The quantitative estimate of drug-likeness (QED) is 0.578. The molecule has 0 bridgehead atoms. The predicted octanol–water partition coefficient (Wildman–Crippen LogP) is 4.27. The highest BCUT2D eigenvalue weighted by molar-refractivity contribution is 6.10. The summed E-state index contributed by atoms with van der Waals surface area (Å²) in [6.45, 7) is 6.26. The van der Waals surface area contributed by atoms with Crippen molar-refractivity contribution in [3.8, 4) is 0 Å². The minimum Gasteiger partial charge on any atom is -0.277 e. The molecule has 0 aliphatic rings. The average Bonchev–Trinajstić information content (AvgIpc) is 2.59. The highest BCUT2D eigenvalue weighted by atomic mass is 15.3. The Morgan fingerprint density at radius 1 is 0.833 bits per heavy atom. The van der Waals surface area contributed by atoms with Crippen LogP contribution in [0.4, 0.5) is 5.69 Å². The smallest absolute Gasteiger partial charge is 0.135 e. The molecule has 0 aliphatic carbocycles. The van der Waals surface area contributed by atoms with Gasteiger partial charge in [0.05, 0.1) is 17.1 Å². The Bertz CT molecular complexity index is 791. The molecule has 1 aromatic carbocycles. The monoisotopic (exact) mass is 316 g/mol. The highest BCUT2D eigenvalue weighted by Crippen LogP contribution is 2.22. The lowest BCUT2D eigenvalue weighted by Crippen LogP contribution is -2.10. The lowest BCUT2D eigenvalue weighted by molar-refractivity contribution is 1.20. The van der Waals surface area contributed by atoms with Crippen LogP contribution in [0.1, 0.15) is 28.1 Å². The first kappa shape index (κ1) is 15.9. The molecule has 2 aromatic heterocycles. The van der Waals surface area contributed by atoms with E-state index in [9.17, 15) is 0 Å². The first-order valence-corrected chi connectivity index (χ1v) is 7.89. The van der Waals surface area contributed by atoms with Gasteiger partial charge in [-0.15, -0.1) is 0 Å². The zero-order chi connectivity index (χ0) is 16.9. The molecular weight excluding hydrogens is 296 g/mol. The molecule has 4 heteroatoms. The Hall–Kier alpha value is -3.01. The Morgan fingerprint density at radius 2 is 1.38 bits per heavy atom. The van der Waals surface area contributed by atoms with Crippen molar-refractivity contribution in [2.75, 3.05) is 5.43 Å². The van der Waals surface area contributed by atoms with E-state index in [1.165, 1.54) is 5.56 Å². The standard InChI is InChI=1S/C20H20N4/c1-14-12-15(2)19(16(3)13-14)23-24-20(17-8-4-6-10-21-17)18-9-5-7-11-22-18/h4-13,23H,1-3H3. The van der Waals surface area contributed by atoms with Crippen molar-refractivity contribution in [3.63, 3.8) is 0 Å². The lowest BCUT2D eigenvalue weighted by atomic mass is 10.1. The third-order valence-electron chi connectivity index (χ3n) is 3.77. The van der Waals surface area contributed by atoms with Crippen molar-refractivity contribution in [1.29, 1.82) is 0 Å². The van der Waals surface area contributed by atoms with E-state index in [-0.39, 0.29) is 0 Å². The van der Waals surface area contributed by atoms with Gasteiger partial charge in [-0.3, -0.25) is 15.4 Å². The van der Waals surface area contributed by atoms with Gasteiger partial charge in [-0.1, -0.05) is 29.8 Å². The molecule has 3 rings (SSSR count). The first-order chi connectivity index (χ1) is 11.6. The summed E-state index contributed by atoms with van der Waals surface area (Å²) in [5.74, 6) is 0. The van der Waals surface area contributed by atoms with Crippen LogP contribution >= 0.6 is 0 Å². The SMILES string of the molecule is Cc1cc(C)c(NN=C(c2ccccn2)c2ccccn2)c(C)c1. The molecular formula is C20H20N4. The van der Waals surface area contributed by atoms with Crippen LogP contribution in [0.2, 0.25) is 0 Å². The van der Waals surface area contributed by atoms with E-state index in [1.54, 1.807) is 12.4 Å². The average molecular weight is 316 g/mol. The summed E-state index contributed by atoms with van der Waals surface area (Å²) in [4.78, 5) is 8.83. The number of nitrogens with one attached hydrogen (secondary N) is 1. The normalized spacial score (nSPS) is 10.3. The van der Waals surface area contributed by atoms with E-state index >= 15 is 0 Å². The molecule has 24 heavy (non-hydrogen) atoms. The number of nitrogens with zero attached hydrogens (tertiary/aromatic N) is 3. The summed E-state index contributed by atoms with van der Waals surface area (Å²) in [5, 5.41) is 4.63. The number of rotatable bonds is 4. The molecule has 0 amide bonds.